The van der Waals surface area contributed by atoms with Crippen LogP contribution in [0, 0.1) is 6.92 Å². The van der Waals surface area contributed by atoms with Gasteiger partial charge in [-0.2, -0.15) is 0 Å². The first-order chi connectivity index (χ1) is 14.7. The molecule has 6 nitrogen and oxygen atoms in total. The first-order valence-electron chi connectivity index (χ1n) is 10.8. The van der Waals surface area contributed by atoms with Crippen LogP contribution in [0.1, 0.15) is 49.7 Å². The van der Waals surface area contributed by atoms with E-state index < -0.39 is 5.54 Å². The number of hydrogen-bond acceptors (Lipinski definition) is 4. The number of nitrogens with one attached hydrogen (secondary N) is 1. The SMILES string of the molecule is CCNC(=O)N(CC(=O)N1CCc2sccc2C1COc1ccccc1C)C(C)(C)C. The summed E-state index contributed by atoms with van der Waals surface area (Å²) in [7, 11) is 0. The minimum Gasteiger partial charge on any atom is -0.491 e. The van der Waals surface area contributed by atoms with E-state index in [1.54, 1.807) is 16.2 Å². The second-order valence-corrected chi connectivity index (χ2v) is 9.82. The van der Waals surface area contributed by atoms with Crippen molar-refractivity contribution in [3.05, 3.63) is 51.7 Å². The second-order valence-electron chi connectivity index (χ2n) is 8.82. The summed E-state index contributed by atoms with van der Waals surface area (Å²) < 4.78 is 6.16. The average Bonchev–Trinajstić information content (AvgIpc) is 3.19. The van der Waals surface area contributed by atoms with Crippen LogP contribution in [0.15, 0.2) is 35.7 Å². The van der Waals surface area contributed by atoms with Crippen molar-refractivity contribution in [1.82, 2.24) is 15.1 Å². The lowest BCUT2D eigenvalue weighted by molar-refractivity contribution is -0.136. The molecule has 0 aliphatic carbocycles. The molecule has 1 atom stereocenters. The maximum absolute atomic E-state index is 13.4. The van der Waals surface area contributed by atoms with Gasteiger partial charge >= 0.3 is 6.03 Å². The van der Waals surface area contributed by atoms with Crippen molar-refractivity contribution in [2.45, 2.75) is 52.6 Å². The molecule has 0 fully saturated rings. The smallest absolute Gasteiger partial charge is 0.318 e. The van der Waals surface area contributed by atoms with E-state index in [9.17, 15) is 9.59 Å². The highest BCUT2D eigenvalue weighted by Gasteiger charge is 2.35. The molecule has 1 aliphatic heterocycles. The molecule has 168 valence electrons. The number of thiophene rings is 1. The highest BCUT2D eigenvalue weighted by molar-refractivity contribution is 7.10. The summed E-state index contributed by atoms with van der Waals surface area (Å²) in [6, 6.07) is 9.62. The molecule has 1 aliphatic rings. The first-order valence-corrected chi connectivity index (χ1v) is 11.7. The summed E-state index contributed by atoms with van der Waals surface area (Å²) in [6.07, 6.45) is 0.830. The van der Waals surface area contributed by atoms with E-state index in [4.69, 9.17) is 4.74 Å². The van der Waals surface area contributed by atoms with Crippen molar-refractivity contribution >= 4 is 23.3 Å². The number of hydrogen-bond donors (Lipinski definition) is 1. The van der Waals surface area contributed by atoms with Crippen LogP contribution in [0.2, 0.25) is 0 Å². The quantitative estimate of drug-likeness (QED) is 0.720. The molecule has 3 rings (SSSR count). The molecule has 2 heterocycles. The molecule has 3 amide bonds. The molecule has 1 aromatic heterocycles. The number of carbonyl (C=O) groups excluding carboxylic acids is 2. The molecular formula is C24H33N3O3S. The maximum atomic E-state index is 13.4. The van der Waals surface area contributed by atoms with Gasteiger partial charge in [-0.25, -0.2) is 4.79 Å². The van der Waals surface area contributed by atoms with Gasteiger partial charge in [0.1, 0.15) is 18.9 Å². The summed E-state index contributed by atoms with van der Waals surface area (Å²) in [6.45, 7) is 11.3. The summed E-state index contributed by atoms with van der Waals surface area (Å²) >= 11 is 1.73. The predicted molar refractivity (Wildman–Crippen MR) is 125 cm³/mol. The number of benzene rings is 1. The van der Waals surface area contributed by atoms with E-state index in [0.29, 0.717) is 19.7 Å². The van der Waals surface area contributed by atoms with Crippen molar-refractivity contribution in [2.24, 2.45) is 0 Å². The van der Waals surface area contributed by atoms with Gasteiger partial charge in [0.25, 0.3) is 0 Å². The molecule has 0 radical (unpaired) electrons. The normalized spacial score (nSPS) is 15.9. The summed E-state index contributed by atoms with van der Waals surface area (Å²) in [4.78, 5) is 30.8. The number of urea groups is 1. The van der Waals surface area contributed by atoms with Crippen LogP contribution in [-0.4, -0.2) is 53.5 Å². The summed E-state index contributed by atoms with van der Waals surface area (Å²) in [5, 5.41) is 4.91. The fourth-order valence-electron chi connectivity index (χ4n) is 3.85. The Morgan fingerprint density at radius 1 is 1.26 bits per heavy atom. The Hall–Kier alpha value is -2.54. The van der Waals surface area contributed by atoms with Gasteiger partial charge in [-0.3, -0.25) is 4.79 Å². The standard InChI is InChI=1S/C24H33N3O3S/c1-6-25-23(29)27(24(3,4)5)15-22(28)26-13-11-21-18(12-14-31-21)19(26)16-30-20-10-8-7-9-17(20)2/h7-10,12,14,19H,6,11,13,15-16H2,1-5H3,(H,25,29). The van der Waals surface area contributed by atoms with Crippen LogP contribution >= 0.6 is 11.3 Å². The Morgan fingerprint density at radius 3 is 2.68 bits per heavy atom. The van der Waals surface area contributed by atoms with Crippen LogP contribution < -0.4 is 10.1 Å². The lowest BCUT2D eigenvalue weighted by Crippen LogP contribution is -2.55. The van der Waals surface area contributed by atoms with Gasteiger partial charge in [0, 0.05) is 23.5 Å². The van der Waals surface area contributed by atoms with Crippen molar-refractivity contribution in [2.75, 3.05) is 26.2 Å². The number of amides is 3. The zero-order valence-electron chi connectivity index (χ0n) is 19.1. The van der Waals surface area contributed by atoms with Gasteiger partial charge in [-0.15, -0.1) is 11.3 Å². The predicted octanol–water partition coefficient (Wildman–Crippen LogP) is 4.39. The largest absolute Gasteiger partial charge is 0.491 e. The molecule has 7 heteroatoms. The zero-order chi connectivity index (χ0) is 22.6. The van der Waals surface area contributed by atoms with E-state index in [1.165, 1.54) is 4.88 Å². The number of rotatable bonds is 6. The molecule has 2 aromatic rings. The van der Waals surface area contributed by atoms with Crippen LogP contribution in [0.4, 0.5) is 4.79 Å². The highest BCUT2D eigenvalue weighted by atomic mass is 32.1. The number of fused-ring (bicyclic) bond motifs is 1. The molecule has 1 unspecified atom stereocenters. The third kappa shape index (κ3) is 5.39. The van der Waals surface area contributed by atoms with E-state index in [1.807, 2.05) is 63.8 Å². The van der Waals surface area contributed by atoms with E-state index >= 15 is 0 Å². The highest BCUT2D eigenvalue weighted by Crippen LogP contribution is 2.34. The van der Waals surface area contributed by atoms with Crippen LogP contribution in [0.5, 0.6) is 5.75 Å². The molecule has 31 heavy (non-hydrogen) atoms. The third-order valence-electron chi connectivity index (χ3n) is 5.58. The Kier molecular flexibility index (Phi) is 7.26. The van der Waals surface area contributed by atoms with Gasteiger partial charge in [-0.1, -0.05) is 18.2 Å². The van der Waals surface area contributed by atoms with Crippen LogP contribution in [0.25, 0.3) is 0 Å². The fourth-order valence-corrected chi connectivity index (χ4v) is 4.78. The third-order valence-corrected chi connectivity index (χ3v) is 6.58. The van der Waals surface area contributed by atoms with E-state index in [0.717, 1.165) is 23.3 Å². The Bertz CT molecular complexity index is 919. The topological polar surface area (TPSA) is 61.9 Å². The number of nitrogens with zero attached hydrogens (tertiary/aromatic N) is 2. The zero-order valence-corrected chi connectivity index (χ0v) is 19.9. The summed E-state index contributed by atoms with van der Waals surface area (Å²) in [5.74, 6) is 0.771. The van der Waals surface area contributed by atoms with Crippen LogP contribution in [-0.2, 0) is 11.2 Å². The molecule has 0 spiro atoms. The second kappa shape index (κ2) is 9.73. The van der Waals surface area contributed by atoms with E-state index in [-0.39, 0.29) is 24.5 Å². The van der Waals surface area contributed by atoms with Crippen molar-refractivity contribution in [3.63, 3.8) is 0 Å². The number of para-hydroxylation sites is 1. The lowest BCUT2D eigenvalue weighted by Gasteiger charge is -2.40. The molecule has 1 N–H and O–H groups in total. The first kappa shape index (κ1) is 23.1. The number of aryl methyl sites for hydroxylation is 1. The van der Waals surface area contributed by atoms with Crippen molar-refractivity contribution in [3.8, 4) is 5.75 Å². The minimum absolute atomic E-state index is 0.0374. The van der Waals surface area contributed by atoms with Crippen molar-refractivity contribution in [1.29, 1.82) is 0 Å². The Morgan fingerprint density at radius 2 is 2.00 bits per heavy atom. The molecule has 0 saturated heterocycles. The average molecular weight is 444 g/mol. The molecular weight excluding hydrogens is 410 g/mol. The Labute approximate surface area is 189 Å². The van der Waals surface area contributed by atoms with Gasteiger partial charge in [-0.05, 0) is 69.7 Å². The summed E-state index contributed by atoms with van der Waals surface area (Å²) in [5.41, 5.74) is 1.75. The maximum Gasteiger partial charge on any atom is 0.318 e. The molecule has 0 saturated carbocycles. The van der Waals surface area contributed by atoms with Gasteiger partial charge in [0.2, 0.25) is 5.91 Å². The van der Waals surface area contributed by atoms with Crippen molar-refractivity contribution < 1.29 is 14.3 Å². The molecule has 0 bridgehead atoms. The molecule has 1 aromatic carbocycles. The lowest BCUT2D eigenvalue weighted by atomic mass is 10.00. The monoisotopic (exact) mass is 443 g/mol. The van der Waals surface area contributed by atoms with Crippen LogP contribution in [0.3, 0.4) is 0 Å². The minimum atomic E-state index is -0.467. The van der Waals surface area contributed by atoms with Gasteiger partial charge in [0.15, 0.2) is 0 Å². The number of ether oxygens (including phenoxy) is 1. The fraction of sp³-hybridized carbons (Fsp3) is 0.500. The Balaban J connectivity index is 1.81. The van der Waals surface area contributed by atoms with Gasteiger partial charge in [0.05, 0.1) is 6.04 Å². The number of carbonyl (C=O) groups is 2. The van der Waals surface area contributed by atoms with Gasteiger partial charge < -0.3 is 19.9 Å². The van der Waals surface area contributed by atoms with E-state index in [2.05, 4.69) is 16.8 Å².